The van der Waals surface area contributed by atoms with Crippen molar-refractivity contribution in [1.29, 1.82) is 0 Å². The van der Waals surface area contributed by atoms with E-state index in [4.69, 9.17) is 0 Å². The van der Waals surface area contributed by atoms with Gasteiger partial charge in [-0.05, 0) is 50.8 Å². The molecule has 2 atom stereocenters. The number of hydrogen-bond acceptors (Lipinski definition) is 3. The van der Waals surface area contributed by atoms with Crippen molar-refractivity contribution >= 4 is 15.7 Å². The first-order chi connectivity index (χ1) is 10.1. The van der Waals surface area contributed by atoms with E-state index in [0.717, 1.165) is 30.6 Å². The molecule has 2 unspecified atom stereocenters. The Bertz CT molecular complexity index is 594. The van der Waals surface area contributed by atoms with Gasteiger partial charge in [0.15, 0.2) is 0 Å². The third-order valence-corrected chi connectivity index (χ3v) is 6.49. The Hall–Kier alpha value is -1.07. The zero-order chi connectivity index (χ0) is 14.9. The highest BCUT2D eigenvalue weighted by Gasteiger charge is 2.34. The zero-order valence-electron chi connectivity index (χ0n) is 12.6. The van der Waals surface area contributed by atoms with Crippen LogP contribution in [0.4, 0.5) is 5.69 Å². The monoisotopic (exact) mass is 308 g/mol. The van der Waals surface area contributed by atoms with Crippen LogP contribution in [0.25, 0.3) is 0 Å². The highest BCUT2D eigenvalue weighted by atomic mass is 32.2. The van der Waals surface area contributed by atoms with Gasteiger partial charge in [0.2, 0.25) is 10.0 Å². The van der Waals surface area contributed by atoms with Crippen LogP contribution in [0.3, 0.4) is 0 Å². The molecular formula is C16H24N2O2S. The van der Waals surface area contributed by atoms with Crippen molar-refractivity contribution in [3.8, 4) is 0 Å². The molecule has 0 radical (unpaired) electrons. The summed E-state index contributed by atoms with van der Waals surface area (Å²) >= 11 is 0. The Morgan fingerprint density at radius 2 is 2.10 bits per heavy atom. The molecule has 2 aliphatic rings. The Labute approximate surface area is 127 Å². The fraction of sp³-hybridized carbons (Fsp3) is 0.625. The molecule has 1 saturated heterocycles. The van der Waals surface area contributed by atoms with E-state index >= 15 is 0 Å². The number of piperidine rings is 1. The van der Waals surface area contributed by atoms with Crippen LogP contribution in [0.1, 0.15) is 38.2 Å². The molecule has 5 heteroatoms. The average Bonchev–Trinajstić information content (AvgIpc) is 2.83. The zero-order valence-corrected chi connectivity index (χ0v) is 13.4. The summed E-state index contributed by atoms with van der Waals surface area (Å²) in [5, 5.41) is 3.43. The molecule has 0 amide bonds. The topological polar surface area (TPSA) is 49.4 Å². The molecule has 116 valence electrons. The highest BCUT2D eigenvalue weighted by molar-refractivity contribution is 7.92. The van der Waals surface area contributed by atoms with Gasteiger partial charge in [0.1, 0.15) is 0 Å². The maximum atomic E-state index is 12.7. The number of hydrogen-bond donors (Lipinski definition) is 1. The van der Waals surface area contributed by atoms with Gasteiger partial charge in [-0.1, -0.05) is 24.6 Å². The van der Waals surface area contributed by atoms with Crippen LogP contribution in [0, 0.1) is 0 Å². The van der Waals surface area contributed by atoms with E-state index in [1.165, 1.54) is 12.8 Å². The van der Waals surface area contributed by atoms with Gasteiger partial charge in [-0.25, -0.2) is 8.42 Å². The summed E-state index contributed by atoms with van der Waals surface area (Å²) in [5.74, 6) is 0.239. The van der Waals surface area contributed by atoms with Crippen molar-refractivity contribution in [2.75, 3.05) is 16.6 Å². The summed E-state index contributed by atoms with van der Waals surface area (Å²) in [7, 11) is -3.23. The second-order valence-electron chi connectivity index (χ2n) is 6.23. The second kappa shape index (κ2) is 5.97. The van der Waals surface area contributed by atoms with Crippen molar-refractivity contribution in [2.45, 2.75) is 51.1 Å². The molecule has 1 aromatic carbocycles. The quantitative estimate of drug-likeness (QED) is 0.928. The Kier molecular flexibility index (Phi) is 4.22. The number of fused-ring (bicyclic) bond motifs is 1. The Balaban J connectivity index is 1.72. The van der Waals surface area contributed by atoms with E-state index in [1.54, 1.807) is 4.31 Å². The van der Waals surface area contributed by atoms with Crippen molar-refractivity contribution in [2.24, 2.45) is 0 Å². The molecule has 0 spiro atoms. The number of anilines is 1. The third-order valence-electron chi connectivity index (χ3n) is 4.58. The molecule has 2 heterocycles. The van der Waals surface area contributed by atoms with E-state index in [2.05, 4.69) is 5.32 Å². The summed E-state index contributed by atoms with van der Waals surface area (Å²) in [6.07, 6.45) is 5.05. The number of rotatable bonds is 4. The SMILES string of the molecule is CC1Cc2ccccc2N1S(=O)(=O)CCC1CCCCN1. The van der Waals surface area contributed by atoms with Crippen LogP contribution in [0.15, 0.2) is 24.3 Å². The van der Waals surface area contributed by atoms with Crippen molar-refractivity contribution in [3.05, 3.63) is 29.8 Å². The fourth-order valence-electron chi connectivity index (χ4n) is 3.52. The van der Waals surface area contributed by atoms with Gasteiger partial charge in [0.25, 0.3) is 0 Å². The standard InChI is InChI=1S/C16H24N2O2S/c1-13-12-14-6-2-3-8-16(14)18(13)21(19,20)11-9-15-7-4-5-10-17-15/h2-3,6,8,13,15,17H,4-5,7,9-12H2,1H3. The smallest absolute Gasteiger partial charge is 0.235 e. The molecule has 0 saturated carbocycles. The van der Waals surface area contributed by atoms with Crippen LogP contribution in [-0.2, 0) is 16.4 Å². The summed E-state index contributed by atoms with van der Waals surface area (Å²) in [5.41, 5.74) is 2.02. The van der Waals surface area contributed by atoms with Crippen LogP contribution in [-0.4, -0.2) is 32.8 Å². The van der Waals surface area contributed by atoms with Crippen LogP contribution in [0.5, 0.6) is 0 Å². The van der Waals surface area contributed by atoms with E-state index in [0.29, 0.717) is 12.5 Å². The van der Waals surface area contributed by atoms with Gasteiger partial charge in [0, 0.05) is 12.1 Å². The maximum Gasteiger partial charge on any atom is 0.235 e. The normalized spacial score (nSPS) is 25.9. The molecule has 1 N–H and O–H groups in total. The minimum absolute atomic E-state index is 0.0340. The molecule has 2 aliphatic heterocycles. The second-order valence-corrected chi connectivity index (χ2v) is 8.19. The van der Waals surface area contributed by atoms with Gasteiger partial charge >= 0.3 is 0 Å². The molecular weight excluding hydrogens is 284 g/mol. The lowest BCUT2D eigenvalue weighted by atomic mass is 10.0. The lowest BCUT2D eigenvalue weighted by Gasteiger charge is -2.27. The first-order valence-corrected chi connectivity index (χ1v) is 9.52. The van der Waals surface area contributed by atoms with Gasteiger partial charge in [-0.15, -0.1) is 0 Å². The fourth-order valence-corrected chi connectivity index (χ4v) is 5.40. The number of nitrogens with one attached hydrogen (secondary N) is 1. The Morgan fingerprint density at radius 3 is 2.86 bits per heavy atom. The van der Waals surface area contributed by atoms with Gasteiger partial charge in [-0.3, -0.25) is 4.31 Å². The molecule has 0 aliphatic carbocycles. The van der Waals surface area contributed by atoms with E-state index in [9.17, 15) is 8.42 Å². The summed E-state index contributed by atoms with van der Waals surface area (Å²) < 4.78 is 27.1. The molecule has 0 aromatic heterocycles. The Morgan fingerprint density at radius 1 is 1.29 bits per heavy atom. The van der Waals surface area contributed by atoms with E-state index in [1.807, 2.05) is 31.2 Å². The summed E-state index contributed by atoms with van der Waals surface area (Å²) in [6.45, 7) is 3.02. The highest BCUT2D eigenvalue weighted by Crippen LogP contribution is 2.34. The van der Waals surface area contributed by atoms with Crippen LogP contribution in [0.2, 0.25) is 0 Å². The summed E-state index contributed by atoms with van der Waals surface area (Å²) in [6, 6.07) is 8.25. The molecule has 21 heavy (non-hydrogen) atoms. The lowest BCUT2D eigenvalue weighted by Crippen LogP contribution is -2.40. The number of benzene rings is 1. The lowest BCUT2D eigenvalue weighted by molar-refractivity contribution is 0.392. The predicted octanol–water partition coefficient (Wildman–Crippen LogP) is 2.30. The minimum atomic E-state index is -3.23. The van der Waals surface area contributed by atoms with E-state index in [-0.39, 0.29) is 11.8 Å². The number of sulfonamides is 1. The summed E-state index contributed by atoms with van der Waals surface area (Å²) in [4.78, 5) is 0. The average molecular weight is 308 g/mol. The largest absolute Gasteiger partial charge is 0.314 e. The molecule has 3 rings (SSSR count). The van der Waals surface area contributed by atoms with Crippen LogP contribution >= 0.6 is 0 Å². The maximum absolute atomic E-state index is 12.7. The van der Waals surface area contributed by atoms with Crippen molar-refractivity contribution in [3.63, 3.8) is 0 Å². The van der Waals surface area contributed by atoms with Gasteiger partial charge in [-0.2, -0.15) is 0 Å². The van der Waals surface area contributed by atoms with Gasteiger partial charge in [0.05, 0.1) is 11.4 Å². The molecule has 1 fully saturated rings. The van der Waals surface area contributed by atoms with Crippen molar-refractivity contribution < 1.29 is 8.42 Å². The minimum Gasteiger partial charge on any atom is -0.314 e. The number of para-hydroxylation sites is 1. The number of nitrogens with zero attached hydrogens (tertiary/aromatic N) is 1. The molecule has 0 bridgehead atoms. The molecule has 4 nitrogen and oxygen atoms in total. The molecule has 1 aromatic rings. The predicted molar refractivity (Wildman–Crippen MR) is 86.1 cm³/mol. The van der Waals surface area contributed by atoms with Gasteiger partial charge < -0.3 is 5.32 Å². The van der Waals surface area contributed by atoms with E-state index < -0.39 is 10.0 Å². The third kappa shape index (κ3) is 3.09. The first kappa shape index (κ1) is 14.9. The van der Waals surface area contributed by atoms with Crippen LogP contribution < -0.4 is 9.62 Å². The first-order valence-electron chi connectivity index (χ1n) is 7.91. The van der Waals surface area contributed by atoms with Crippen molar-refractivity contribution in [1.82, 2.24) is 5.32 Å².